The van der Waals surface area contributed by atoms with E-state index in [1.54, 1.807) is 6.20 Å². The lowest BCUT2D eigenvalue weighted by Gasteiger charge is -2.36. The SMILES string of the molecule is CN1CCC(O)(CNc2cc(-c3n[nH]c4ccccc34)ccn2)CC1. The van der Waals surface area contributed by atoms with Crippen LogP contribution >= 0.6 is 0 Å². The predicted molar refractivity (Wildman–Crippen MR) is 99.5 cm³/mol. The van der Waals surface area contributed by atoms with Crippen molar-refractivity contribution in [3.63, 3.8) is 0 Å². The van der Waals surface area contributed by atoms with Crippen LogP contribution in [0.15, 0.2) is 42.6 Å². The highest BCUT2D eigenvalue weighted by atomic mass is 16.3. The molecule has 4 rings (SSSR count). The molecule has 1 saturated heterocycles. The first-order chi connectivity index (χ1) is 12.1. The lowest BCUT2D eigenvalue weighted by atomic mass is 9.91. The van der Waals surface area contributed by atoms with Crippen molar-refractivity contribution in [2.75, 3.05) is 32.0 Å². The standard InChI is InChI=1S/C19H23N5O/c1-24-10-7-19(25,8-11-24)13-21-17-12-14(6-9-20-17)18-15-4-2-3-5-16(15)22-23-18/h2-6,9,12,25H,7-8,10-11,13H2,1H3,(H,20,21)(H,22,23). The van der Waals surface area contributed by atoms with Crippen molar-refractivity contribution >= 4 is 16.7 Å². The summed E-state index contributed by atoms with van der Waals surface area (Å²) in [6.45, 7) is 2.36. The number of likely N-dealkylation sites (tertiary alicyclic amines) is 1. The van der Waals surface area contributed by atoms with Crippen molar-refractivity contribution < 1.29 is 5.11 Å². The van der Waals surface area contributed by atoms with Crippen LogP contribution < -0.4 is 5.32 Å². The van der Waals surface area contributed by atoms with Crippen LogP contribution in [0.3, 0.4) is 0 Å². The van der Waals surface area contributed by atoms with Crippen LogP contribution in [0, 0.1) is 0 Å². The Morgan fingerprint density at radius 1 is 1.24 bits per heavy atom. The Morgan fingerprint density at radius 2 is 2.04 bits per heavy atom. The molecule has 0 saturated carbocycles. The van der Waals surface area contributed by atoms with Crippen LogP contribution in [-0.4, -0.2) is 57.5 Å². The molecule has 1 aliphatic heterocycles. The van der Waals surface area contributed by atoms with Crippen LogP contribution in [0.25, 0.3) is 22.2 Å². The third-order valence-corrected chi connectivity index (χ3v) is 5.02. The molecule has 0 radical (unpaired) electrons. The van der Waals surface area contributed by atoms with Gasteiger partial charge >= 0.3 is 0 Å². The fourth-order valence-corrected chi connectivity index (χ4v) is 3.32. The number of fused-ring (bicyclic) bond motifs is 1. The molecular formula is C19H23N5O. The second-order valence-corrected chi connectivity index (χ2v) is 6.93. The van der Waals surface area contributed by atoms with Gasteiger partial charge in [-0.15, -0.1) is 0 Å². The van der Waals surface area contributed by atoms with E-state index in [0.717, 1.165) is 53.9 Å². The molecule has 1 aliphatic rings. The normalized spacial score (nSPS) is 17.7. The fraction of sp³-hybridized carbons (Fsp3) is 0.368. The zero-order valence-electron chi connectivity index (χ0n) is 14.4. The molecule has 6 nitrogen and oxygen atoms in total. The first-order valence-corrected chi connectivity index (χ1v) is 8.67. The summed E-state index contributed by atoms with van der Waals surface area (Å²) in [4.78, 5) is 6.64. The van der Waals surface area contributed by atoms with Gasteiger partial charge in [-0.2, -0.15) is 5.10 Å². The van der Waals surface area contributed by atoms with E-state index in [4.69, 9.17) is 0 Å². The second kappa shape index (κ2) is 6.46. The topological polar surface area (TPSA) is 77.1 Å². The van der Waals surface area contributed by atoms with Crippen molar-refractivity contribution in [3.05, 3.63) is 42.6 Å². The molecule has 3 heterocycles. The zero-order chi connectivity index (χ0) is 17.3. The number of anilines is 1. The highest BCUT2D eigenvalue weighted by Crippen LogP contribution is 2.27. The van der Waals surface area contributed by atoms with Crippen LogP contribution in [0.5, 0.6) is 0 Å². The first-order valence-electron chi connectivity index (χ1n) is 8.67. The number of nitrogens with one attached hydrogen (secondary N) is 2. The molecule has 0 bridgehead atoms. The quantitative estimate of drug-likeness (QED) is 0.682. The average molecular weight is 337 g/mol. The van der Waals surface area contributed by atoms with Gasteiger partial charge in [0.15, 0.2) is 0 Å². The van der Waals surface area contributed by atoms with Crippen LogP contribution in [0.1, 0.15) is 12.8 Å². The van der Waals surface area contributed by atoms with E-state index in [-0.39, 0.29) is 0 Å². The summed E-state index contributed by atoms with van der Waals surface area (Å²) < 4.78 is 0. The largest absolute Gasteiger partial charge is 0.388 e. The molecule has 0 spiro atoms. The number of piperidine rings is 1. The van der Waals surface area contributed by atoms with Gasteiger partial charge in [0.05, 0.1) is 11.1 Å². The summed E-state index contributed by atoms with van der Waals surface area (Å²) in [7, 11) is 2.09. The van der Waals surface area contributed by atoms with E-state index >= 15 is 0 Å². The molecule has 0 aliphatic carbocycles. The minimum absolute atomic E-state index is 0.513. The Labute approximate surface area is 146 Å². The fourth-order valence-electron chi connectivity index (χ4n) is 3.32. The maximum atomic E-state index is 10.7. The van der Waals surface area contributed by atoms with E-state index in [0.29, 0.717) is 6.54 Å². The van der Waals surface area contributed by atoms with E-state index in [2.05, 4.69) is 38.5 Å². The molecule has 25 heavy (non-hydrogen) atoms. The predicted octanol–water partition coefficient (Wildman–Crippen LogP) is 2.49. The summed E-state index contributed by atoms with van der Waals surface area (Å²) in [6, 6.07) is 12.0. The molecule has 0 atom stereocenters. The van der Waals surface area contributed by atoms with E-state index in [9.17, 15) is 5.11 Å². The number of aliphatic hydroxyl groups is 1. The Bertz CT molecular complexity index is 867. The Morgan fingerprint density at radius 3 is 2.88 bits per heavy atom. The van der Waals surface area contributed by atoms with Gasteiger partial charge < -0.3 is 15.3 Å². The number of H-pyrrole nitrogens is 1. The summed E-state index contributed by atoms with van der Waals surface area (Å²) >= 11 is 0. The molecule has 0 amide bonds. The monoisotopic (exact) mass is 337 g/mol. The van der Waals surface area contributed by atoms with Gasteiger partial charge in [0, 0.05) is 36.8 Å². The number of rotatable bonds is 4. The number of aromatic amines is 1. The summed E-state index contributed by atoms with van der Waals surface area (Å²) in [6.07, 6.45) is 3.33. The molecule has 130 valence electrons. The van der Waals surface area contributed by atoms with Gasteiger partial charge in [-0.3, -0.25) is 5.10 Å². The first kappa shape index (κ1) is 16.1. The number of benzene rings is 1. The Balaban J connectivity index is 1.52. The molecular weight excluding hydrogens is 314 g/mol. The number of nitrogens with zero attached hydrogens (tertiary/aromatic N) is 3. The maximum absolute atomic E-state index is 10.7. The van der Waals surface area contributed by atoms with Crippen LogP contribution in [-0.2, 0) is 0 Å². The van der Waals surface area contributed by atoms with Crippen molar-refractivity contribution in [2.45, 2.75) is 18.4 Å². The number of hydrogen-bond donors (Lipinski definition) is 3. The number of aromatic nitrogens is 3. The van der Waals surface area contributed by atoms with E-state index < -0.39 is 5.60 Å². The van der Waals surface area contributed by atoms with Gasteiger partial charge in [-0.25, -0.2) is 4.98 Å². The van der Waals surface area contributed by atoms with Gasteiger partial charge in [0.1, 0.15) is 11.5 Å². The molecule has 2 aromatic heterocycles. The lowest BCUT2D eigenvalue weighted by molar-refractivity contribution is -0.00409. The highest BCUT2D eigenvalue weighted by molar-refractivity contribution is 5.93. The summed E-state index contributed by atoms with van der Waals surface area (Å²) in [5.74, 6) is 0.761. The number of hydrogen-bond acceptors (Lipinski definition) is 5. The number of para-hydroxylation sites is 1. The molecule has 3 aromatic rings. The van der Waals surface area contributed by atoms with Crippen molar-refractivity contribution in [2.24, 2.45) is 0 Å². The average Bonchev–Trinajstić information content (AvgIpc) is 3.07. The lowest BCUT2D eigenvalue weighted by Crippen LogP contribution is -2.47. The van der Waals surface area contributed by atoms with E-state index in [1.807, 2.05) is 30.3 Å². The Hall–Kier alpha value is -2.44. The smallest absolute Gasteiger partial charge is 0.126 e. The molecule has 1 aromatic carbocycles. The molecule has 6 heteroatoms. The van der Waals surface area contributed by atoms with Crippen LogP contribution in [0.2, 0.25) is 0 Å². The van der Waals surface area contributed by atoms with E-state index in [1.165, 1.54) is 0 Å². The minimum atomic E-state index is -0.663. The zero-order valence-corrected chi connectivity index (χ0v) is 14.4. The Kier molecular flexibility index (Phi) is 4.15. The second-order valence-electron chi connectivity index (χ2n) is 6.93. The molecule has 0 unspecified atom stereocenters. The van der Waals surface area contributed by atoms with Gasteiger partial charge in [0.25, 0.3) is 0 Å². The van der Waals surface area contributed by atoms with Gasteiger partial charge in [-0.1, -0.05) is 18.2 Å². The number of pyridine rings is 1. The summed E-state index contributed by atoms with van der Waals surface area (Å²) in [5, 5.41) is 22.6. The third kappa shape index (κ3) is 3.36. The highest BCUT2D eigenvalue weighted by Gasteiger charge is 2.30. The van der Waals surface area contributed by atoms with Crippen LogP contribution in [0.4, 0.5) is 5.82 Å². The maximum Gasteiger partial charge on any atom is 0.126 e. The minimum Gasteiger partial charge on any atom is -0.388 e. The van der Waals surface area contributed by atoms with Gasteiger partial charge in [-0.05, 0) is 38.1 Å². The van der Waals surface area contributed by atoms with Crippen molar-refractivity contribution in [3.8, 4) is 11.3 Å². The van der Waals surface area contributed by atoms with Crippen molar-refractivity contribution in [1.82, 2.24) is 20.1 Å². The van der Waals surface area contributed by atoms with Crippen molar-refractivity contribution in [1.29, 1.82) is 0 Å². The third-order valence-electron chi connectivity index (χ3n) is 5.02. The summed E-state index contributed by atoms with van der Waals surface area (Å²) in [5.41, 5.74) is 2.28. The van der Waals surface area contributed by atoms with Gasteiger partial charge in [0.2, 0.25) is 0 Å². The molecule has 1 fully saturated rings. The molecule has 3 N–H and O–H groups in total.